The van der Waals surface area contributed by atoms with Crippen molar-refractivity contribution in [2.24, 2.45) is 10.2 Å². The van der Waals surface area contributed by atoms with Crippen molar-refractivity contribution < 1.29 is 43.7 Å². The van der Waals surface area contributed by atoms with Gasteiger partial charge in [0.25, 0.3) is 30.4 Å². The highest BCUT2D eigenvalue weighted by molar-refractivity contribution is 7.86. The van der Waals surface area contributed by atoms with E-state index < -0.39 is 58.1 Å². The Bertz CT molecular complexity index is 2170. The van der Waals surface area contributed by atoms with Crippen molar-refractivity contribution in [1.29, 1.82) is 5.26 Å². The minimum Gasteiger partial charge on any atom is -0.371 e. The number of carbonyl (C=O) groups is 1. The highest BCUT2D eigenvalue weighted by Crippen LogP contribution is 2.40. The first-order valence-electron chi connectivity index (χ1n) is 15.4. The number of halogens is 2. The minimum atomic E-state index is -4.68. The van der Waals surface area contributed by atoms with E-state index in [-0.39, 0.29) is 70.1 Å². The van der Waals surface area contributed by atoms with Gasteiger partial charge in [-0.3, -0.25) is 18.5 Å². The van der Waals surface area contributed by atoms with Crippen LogP contribution in [0.1, 0.15) is 64.6 Å². The Morgan fingerprint density at radius 2 is 1.46 bits per heavy atom. The number of carbonyl (C=O) groups excluding carboxylic acids is 1. The van der Waals surface area contributed by atoms with Gasteiger partial charge in [0.15, 0.2) is 5.82 Å². The maximum absolute atomic E-state index is 12.3. The van der Waals surface area contributed by atoms with Crippen LogP contribution in [0, 0.1) is 11.3 Å². The molecule has 0 saturated heterocycles. The largest absolute Gasteiger partial charge is 0.371 e. The number of nitrogens with zero attached hydrogens (tertiary/aromatic N) is 6. The Morgan fingerprint density at radius 3 is 1.90 bits per heavy atom. The zero-order valence-corrected chi connectivity index (χ0v) is 32.4. The highest BCUT2D eigenvalue weighted by atomic mass is 35.5. The molecule has 284 valence electrons. The van der Waals surface area contributed by atoms with Crippen LogP contribution in [-0.4, -0.2) is 79.2 Å². The molecular formula is C30H37Cl2N7O10S3. The second kappa shape index (κ2) is 17.0. The molecule has 0 aliphatic rings. The molecule has 0 atom stereocenters. The Morgan fingerprint density at radius 1 is 0.923 bits per heavy atom. The van der Waals surface area contributed by atoms with Crippen LogP contribution in [0.2, 0.25) is 10.0 Å². The van der Waals surface area contributed by atoms with Crippen LogP contribution in [0.3, 0.4) is 0 Å². The molecule has 2 aromatic carbocycles. The summed E-state index contributed by atoms with van der Waals surface area (Å²) in [5.74, 6) is -1.54. The fraction of sp³-hybridized carbons (Fsp3) is 0.433. The molecule has 1 amide bonds. The number of aromatic nitrogens is 2. The molecule has 1 heterocycles. The van der Waals surface area contributed by atoms with Crippen molar-refractivity contribution in [3.63, 3.8) is 0 Å². The summed E-state index contributed by atoms with van der Waals surface area (Å²) in [7, 11) is -13.0. The summed E-state index contributed by atoms with van der Waals surface area (Å²) in [5.41, 5.74) is 0.285. The van der Waals surface area contributed by atoms with Crippen LogP contribution in [0.4, 0.5) is 22.9 Å². The maximum atomic E-state index is 12.3. The molecule has 0 unspecified atom stereocenters. The predicted molar refractivity (Wildman–Crippen MR) is 195 cm³/mol. The minimum absolute atomic E-state index is 0.0131. The van der Waals surface area contributed by atoms with Gasteiger partial charge in [-0.2, -0.15) is 35.6 Å². The lowest BCUT2D eigenvalue weighted by Crippen LogP contribution is -2.26. The fourth-order valence-corrected chi connectivity index (χ4v) is 7.37. The van der Waals surface area contributed by atoms with E-state index in [2.05, 4.69) is 26.7 Å². The van der Waals surface area contributed by atoms with E-state index in [0.29, 0.717) is 18.5 Å². The summed E-state index contributed by atoms with van der Waals surface area (Å²) in [6.07, 6.45) is 0.900. The molecule has 22 heteroatoms. The molecule has 0 saturated carbocycles. The number of anilines is 2. The monoisotopic (exact) mass is 821 g/mol. The van der Waals surface area contributed by atoms with Crippen molar-refractivity contribution in [1.82, 2.24) is 9.78 Å². The molecule has 52 heavy (non-hydrogen) atoms. The predicted octanol–water partition coefficient (Wildman–Crippen LogP) is 6.11. The van der Waals surface area contributed by atoms with Gasteiger partial charge in [-0.05, 0) is 56.0 Å². The van der Waals surface area contributed by atoms with Crippen LogP contribution in [0.5, 0.6) is 0 Å². The molecule has 0 bridgehead atoms. The summed E-state index contributed by atoms with van der Waals surface area (Å²) < 4.78 is 97.2. The number of nitriles is 1. The molecular weight excluding hydrogens is 785 g/mol. The lowest BCUT2D eigenvalue weighted by molar-refractivity contribution is -0.114. The van der Waals surface area contributed by atoms with E-state index in [1.807, 2.05) is 0 Å². The van der Waals surface area contributed by atoms with Crippen LogP contribution >= 0.6 is 23.2 Å². The smallest absolute Gasteiger partial charge is 0.294 e. The SMILES string of the molecule is CC(=O)Nc1cc(N(CCCCS(=O)(=O)O)CCCCS(=O)(=O)O)ccc1N=Nc1c(C#N)c(C(C)(C)C)nn1-c1c(Cl)cc(S(=O)(=O)O)cc1Cl. The first kappa shape index (κ1) is 42.7. The third-order valence-corrected chi connectivity index (χ3v) is 10.3. The Balaban J connectivity index is 2.14. The van der Waals surface area contributed by atoms with Crippen LogP contribution < -0.4 is 10.2 Å². The highest BCUT2D eigenvalue weighted by Gasteiger charge is 2.30. The summed E-state index contributed by atoms with van der Waals surface area (Å²) in [6, 6.07) is 8.66. The van der Waals surface area contributed by atoms with E-state index >= 15 is 0 Å². The van der Waals surface area contributed by atoms with Gasteiger partial charge in [0.2, 0.25) is 5.91 Å². The molecule has 3 rings (SSSR count). The molecule has 0 radical (unpaired) electrons. The van der Waals surface area contributed by atoms with Gasteiger partial charge in [0, 0.05) is 31.1 Å². The normalized spacial score (nSPS) is 12.6. The number of azo groups is 1. The molecule has 0 aliphatic heterocycles. The van der Waals surface area contributed by atoms with E-state index in [0.717, 1.165) is 16.8 Å². The van der Waals surface area contributed by atoms with Gasteiger partial charge in [-0.15, -0.1) is 10.2 Å². The first-order chi connectivity index (χ1) is 23.9. The lowest BCUT2D eigenvalue weighted by Gasteiger charge is -2.26. The summed E-state index contributed by atoms with van der Waals surface area (Å²) in [4.78, 5) is 13.5. The van der Waals surface area contributed by atoms with Crippen molar-refractivity contribution in [3.8, 4) is 11.8 Å². The number of hydrogen-bond acceptors (Lipinski definition) is 12. The van der Waals surface area contributed by atoms with Crippen molar-refractivity contribution in [2.45, 2.75) is 63.7 Å². The van der Waals surface area contributed by atoms with Crippen molar-refractivity contribution >= 4 is 82.3 Å². The Labute approximate surface area is 311 Å². The van der Waals surface area contributed by atoms with E-state index in [1.54, 1.807) is 37.8 Å². The molecule has 17 nitrogen and oxygen atoms in total. The standard InChI is InChI=1S/C30H37Cl2N7O10S3/c1-19(40)34-26-15-20(38(11-5-7-13-50(41,42)43)12-6-8-14-51(44,45)46)9-10-25(26)35-36-29-22(18-33)28(30(2,3)4)37-39(29)27-23(31)16-21(17-24(27)32)52(47,48)49/h9-10,15-17H,5-8,11-14H2,1-4H3,(H,34,40)(H,41,42,43)(H,44,45,46)(H,47,48,49). The molecule has 3 aromatic rings. The van der Waals surface area contributed by atoms with E-state index in [9.17, 15) is 39.9 Å². The number of benzene rings is 2. The number of hydrogen-bond donors (Lipinski definition) is 4. The van der Waals surface area contributed by atoms with Crippen LogP contribution in [-0.2, 0) is 40.6 Å². The molecule has 1 aromatic heterocycles. The van der Waals surface area contributed by atoms with Crippen LogP contribution in [0.15, 0.2) is 45.5 Å². The van der Waals surface area contributed by atoms with E-state index in [1.165, 1.54) is 13.0 Å². The van der Waals surface area contributed by atoms with Crippen LogP contribution in [0.25, 0.3) is 5.69 Å². The second-order valence-electron chi connectivity index (χ2n) is 12.6. The number of nitrogens with one attached hydrogen (secondary N) is 1. The first-order valence-corrected chi connectivity index (χ1v) is 20.8. The number of amides is 1. The molecule has 0 aliphatic carbocycles. The van der Waals surface area contributed by atoms with Gasteiger partial charge in [0.1, 0.15) is 23.0 Å². The zero-order chi connectivity index (χ0) is 39.2. The average Bonchev–Trinajstić information content (AvgIpc) is 3.36. The number of unbranched alkanes of at least 4 members (excludes halogenated alkanes) is 2. The van der Waals surface area contributed by atoms with Gasteiger partial charge in [0.05, 0.1) is 37.8 Å². The third kappa shape index (κ3) is 12.2. The molecule has 0 spiro atoms. The van der Waals surface area contributed by atoms with Crippen molar-refractivity contribution in [3.05, 3.63) is 51.6 Å². The second-order valence-corrected chi connectivity index (χ2v) is 18.0. The van der Waals surface area contributed by atoms with Crippen molar-refractivity contribution in [2.75, 3.05) is 34.8 Å². The Hall–Kier alpha value is -3.68. The summed E-state index contributed by atoms with van der Waals surface area (Å²) >= 11 is 12.9. The Kier molecular flexibility index (Phi) is 14.0. The molecule has 0 fully saturated rings. The van der Waals surface area contributed by atoms with Gasteiger partial charge >= 0.3 is 0 Å². The van der Waals surface area contributed by atoms with Gasteiger partial charge < -0.3 is 10.2 Å². The fourth-order valence-electron chi connectivity index (χ4n) is 4.92. The maximum Gasteiger partial charge on any atom is 0.294 e. The third-order valence-electron chi connectivity index (χ3n) is 7.25. The molecule has 4 N–H and O–H groups in total. The summed E-state index contributed by atoms with van der Waals surface area (Å²) in [6.45, 7) is 7.18. The van der Waals surface area contributed by atoms with Gasteiger partial charge in [-0.1, -0.05) is 44.0 Å². The topological polar surface area (TPSA) is 262 Å². The quantitative estimate of drug-likeness (QED) is 0.0723. The zero-order valence-electron chi connectivity index (χ0n) is 28.4. The number of rotatable bonds is 16. The lowest BCUT2D eigenvalue weighted by atomic mass is 9.90. The summed E-state index contributed by atoms with van der Waals surface area (Å²) in [5, 5.41) is 25.5. The van der Waals surface area contributed by atoms with E-state index in [4.69, 9.17) is 32.3 Å². The van der Waals surface area contributed by atoms with Gasteiger partial charge in [-0.25, -0.2) is 4.68 Å². The average molecular weight is 823 g/mol.